The molecule has 1 aliphatic rings. The second kappa shape index (κ2) is 5.59. The molecule has 18 heavy (non-hydrogen) atoms. The Morgan fingerprint density at radius 2 is 2.28 bits per heavy atom. The molecule has 1 heterocycles. The maximum atomic E-state index is 9.52. The standard InChI is InChI=1S/C14H21BrN2O/c1-9-5-6-17(14(9)8-18)13-4-3-11(10(2)16)7-12(13)15/h3-4,7,9-10,14,18H,5-6,8,16H2,1-2H3/t9?,10-,14?/m1/s1. The SMILES string of the molecule is CC1CCN(c2ccc([C@@H](C)N)cc2Br)C1CO. The molecule has 100 valence electrons. The van der Waals surface area contributed by atoms with E-state index in [4.69, 9.17) is 5.73 Å². The molecule has 2 unspecified atom stereocenters. The van der Waals surface area contributed by atoms with Crippen molar-refractivity contribution in [3.8, 4) is 0 Å². The highest BCUT2D eigenvalue weighted by atomic mass is 79.9. The van der Waals surface area contributed by atoms with Crippen LogP contribution >= 0.6 is 15.9 Å². The van der Waals surface area contributed by atoms with Crippen molar-refractivity contribution in [2.45, 2.75) is 32.4 Å². The number of aliphatic hydroxyl groups is 1. The summed E-state index contributed by atoms with van der Waals surface area (Å²) < 4.78 is 1.06. The van der Waals surface area contributed by atoms with Gasteiger partial charge in [-0.3, -0.25) is 0 Å². The average Bonchev–Trinajstić information content (AvgIpc) is 2.70. The van der Waals surface area contributed by atoms with Crippen LogP contribution in [0, 0.1) is 5.92 Å². The number of nitrogens with zero attached hydrogens (tertiary/aromatic N) is 1. The molecule has 2 rings (SSSR count). The lowest BCUT2D eigenvalue weighted by Gasteiger charge is -2.28. The molecule has 1 fully saturated rings. The molecule has 1 aliphatic heterocycles. The fourth-order valence-corrected chi connectivity index (χ4v) is 3.25. The number of nitrogens with two attached hydrogens (primary N) is 1. The van der Waals surface area contributed by atoms with E-state index < -0.39 is 0 Å². The molecule has 0 saturated carbocycles. The van der Waals surface area contributed by atoms with Gasteiger partial charge in [0.15, 0.2) is 0 Å². The van der Waals surface area contributed by atoms with Crippen LogP contribution in [0.15, 0.2) is 22.7 Å². The Balaban J connectivity index is 2.28. The number of aliphatic hydroxyl groups excluding tert-OH is 1. The van der Waals surface area contributed by atoms with E-state index in [1.165, 1.54) is 0 Å². The zero-order valence-electron chi connectivity index (χ0n) is 10.9. The van der Waals surface area contributed by atoms with Gasteiger partial charge in [0, 0.05) is 17.1 Å². The van der Waals surface area contributed by atoms with Gasteiger partial charge in [-0.25, -0.2) is 0 Å². The molecular weight excluding hydrogens is 292 g/mol. The summed E-state index contributed by atoms with van der Waals surface area (Å²) in [6.07, 6.45) is 1.13. The third-order valence-electron chi connectivity index (χ3n) is 3.88. The second-order valence-electron chi connectivity index (χ2n) is 5.21. The molecule has 0 amide bonds. The number of anilines is 1. The molecule has 0 spiro atoms. The van der Waals surface area contributed by atoms with Crippen molar-refractivity contribution in [3.05, 3.63) is 28.2 Å². The number of rotatable bonds is 3. The van der Waals surface area contributed by atoms with Crippen molar-refractivity contribution >= 4 is 21.6 Å². The minimum absolute atomic E-state index is 0.0430. The highest BCUT2D eigenvalue weighted by molar-refractivity contribution is 9.10. The first-order valence-electron chi connectivity index (χ1n) is 6.47. The summed E-state index contributed by atoms with van der Waals surface area (Å²) in [5, 5.41) is 9.52. The van der Waals surface area contributed by atoms with E-state index in [0.717, 1.165) is 28.7 Å². The summed E-state index contributed by atoms with van der Waals surface area (Å²) in [4.78, 5) is 2.29. The number of hydrogen-bond donors (Lipinski definition) is 2. The monoisotopic (exact) mass is 312 g/mol. The van der Waals surface area contributed by atoms with Crippen molar-refractivity contribution in [1.29, 1.82) is 0 Å². The second-order valence-corrected chi connectivity index (χ2v) is 6.06. The van der Waals surface area contributed by atoms with E-state index in [-0.39, 0.29) is 18.7 Å². The quantitative estimate of drug-likeness (QED) is 0.902. The summed E-state index contributed by atoms with van der Waals surface area (Å²) >= 11 is 3.62. The van der Waals surface area contributed by atoms with Crippen LogP contribution in [0.1, 0.15) is 31.9 Å². The van der Waals surface area contributed by atoms with Gasteiger partial charge in [0.25, 0.3) is 0 Å². The van der Waals surface area contributed by atoms with Gasteiger partial charge in [-0.2, -0.15) is 0 Å². The Hall–Kier alpha value is -0.580. The summed E-state index contributed by atoms with van der Waals surface area (Å²) in [5.74, 6) is 0.537. The molecule has 1 aromatic carbocycles. The van der Waals surface area contributed by atoms with Crippen LogP contribution in [0.3, 0.4) is 0 Å². The molecule has 0 radical (unpaired) electrons. The lowest BCUT2D eigenvalue weighted by molar-refractivity contribution is 0.244. The van der Waals surface area contributed by atoms with E-state index in [2.05, 4.69) is 46.0 Å². The first-order chi connectivity index (χ1) is 8.54. The van der Waals surface area contributed by atoms with Crippen LogP contribution in [0.5, 0.6) is 0 Å². The van der Waals surface area contributed by atoms with Gasteiger partial charge in [0.2, 0.25) is 0 Å². The molecule has 3 nitrogen and oxygen atoms in total. The fraction of sp³-hybridized carbons (Fsp3) is 0.571. The van der Waals surface area contributed by atoms with Gasteiger partial charge in [-0.05, 0) is 52.9 Å². The third-order valence-corrected chi connectivity index (χ3v) is 4.51. The molecule has 0 aliphatic carbocycles. The summed E-state index contributed by atoms with van der Waals surface area (Å²) in [6.45, 7) is 5.40. The normalized spacial score (nSPS) is 25.5. The van der Waals surface area contributed by atoms with E-state index >= 15 is 0 Å². The van der Waals surface area contributed by atoms with Crippen LogP contribution in [0.25, 0.3) is 0 Å². The Kier molecular flexibility index (Phi) is 4.30. The fourth-order valence-electron chi connectivity index (χ4n) is 2.63. The Bertz CT molecular complexity index is 422. The number of benzene rings is 1. The zero-order chi connectivity index (χ0) is 13.3. The first-order valence-corrected chi connectivity index (χ1v) is 7.26. The Morgan fingerprint density at radius 3 is 2.83 bits per heavy atom. The van der Waals surface area contributed by atoms with Gasteiger partial charge in [-0.15, -0.1) is 0 Å². The number of halogens is 1. The predicted octanol–water partition coefficient (Wildman–Crippen LogP) is 2.68. The van der Waals surface area contributed by atoms with Crippen molar-refractivity contribution in [1.82, 2.24) is 0 Å². The van der Waals surface area contributed by atoms with Gasteiger partial charge in [0.1, 0.15) is 0 Å². The Labute approximate surface area is 117 Å². The molecule has 3 N–H and O–H groups in total. The number of hydrogen-bond acceptors (Lipinski definition) is 3. The van der Waals surface area contributed by atoms with Crippen LogP contribution in [-0.2, 0) is 0 Å². The lowest BCUT2D eigenvalue weighted by atomic mass is 10.0. The zero-order valence-corrected chi connectivity index (χ0v) is 12.5. The molecule has 1 aromatic rings. The van der Waals surface area contributed by atoms with Crippen LogP contribution in [0.2, 0.25) is 0 Å². The summed E-state index contributed by atoms with van der Waals surface area (Å²) in [6, 6.07) is 6.52. The Morgan fingerprint density at radius 1 is 1.56 bits per heavy atom. The van der Waals surface area contributed by atoms with Crippen LogP contribution in [0.4, 0.5) is 5.69 Å². The highest BCUT2D eigenvalue weighted by Gasteiger charge is 2.31. The minimum Gasteiger partial charge on any atom is -0.394 e. The maximum absolute atomic E-state index is 9.52. The van der Waals surface area contributed by atoms with Gasteiger partial charge in [-0.1, -0.05) is 13.0 Å². The molecular formula is C14H21BrN2O. The minimum atomic E-state index is 0.0430. The predicted molar refractivity (Wildman–Crippen MR) is 78.7 cm³/mol. The molecule has 4 heteroatoms. The topological polar surface area (TPSA) is 49.5 Å². The van der Waals surface area contributed by atoms with Crippen LogP contribution < -0.4 is 10.6 Å². The molecule has 1 saturated heterocycles. The van der Waals surface area contributed by atoms with E-state index in [1.807, 2.05) is 6.92 Å². The molecule has 0 bridgehead atoms. The summed E-state index contributed by atoms with van der Waals surface area (Å²) in [5.41, 5.74) is 8.17. The van der Waals surface area contributed by atoms with E-state index in [0.29, 0.717) is 5.92 Å². The van der Waals surface area contributed by atoms with Gasteiger partial charge >= 0.3 is 0 Å². The van der Waals surface area contributed by atoms with Gasteiger partial charge in [0.05, 0.1) is 18.3 Å². The van der Waals surface area contributed by atoms with Crippen molar-refractivity contribution in [2.75, 3.05) is 18.1 Å². The van der Waals surface area contributed by atoms with Crippen molar-refractivity contribution in [2.24, 2.45) is 11.7 Å². The van der Waals surface area contributed by atoms with Crippen LogP contribution in [-0.4, -0.2) is 24.3 Å². The first kappa shape index (κ1) is 13.8. The molecule has 3 atom stereocenters. The van der Waals surface area contributed by atoms with Crippen molar-refractivity contribution < 1.29 is 5.11 Å². The third kappa shape index (κ3) is 2.56. The maximum Gasteiger partial charge on any atom is 0.0637 e. The van der Waals surface area contributed by atoms with Crippen molar-refractivity contribution in [3.63, 3.8) is 0 Å². The lowest BCUT2D eigenvalue weighted by Crippen LogP contribution is -2.35. The highest BCUT2D eigenvalue weighted by Crippen LogP contribution is 2.35. The van der Waals surface area contributed by atoms with E-state index in [1.54, 1.807) is 0 Å². The summed E-state index contributed by atoms with van der Waals surface area (Å²) in [7, 11) is 0. The average molecular weight is 313 g/mol. The largest absolute Gasteiger partial charge is 0.394 e. The van der Waals surface area contributed by atoms with Gasteiger partial charge < -0.3 is 15.7 Å². The molecule has 0 aromatic heterocycles. The van der Waals surface area contributed by atoms with E-state index in [9.17, 15) is 5.11 Å². The smallest absolute Gasteiger partial charge is 0.0637 e.